The van der Waals surface area contributed by atoms with E-state index in [2.05, 4.69) is 10.3 Å². The highest BCUT2D eigenvalue weighted by atomic mass is 19.3. The maximum Gasteiger partial charge on any atom is 0.271 e. The summed E-state index contributed by atoms with van der Waals surface area (Å²) >= 11 is 0. The summed E-state index contributed by atoms with van der Waals surface area (Å²) in [5, 5.41) is 8.95. The zero-order valence-corrected chi connectivity index (χ0v) is 6.87. The van der Waals surface area contributed by atoms with Gasteiger partial charge in [0, 0.05) is 7.05 Å². The van der Waals surface area contributed by atoms with Gasteiger partial charge in [-0.25, -0.2) is 13.5 Å². The lowest BCUT2D eigenvalue weighted by Crippen LogP contribution is -2.29. The van der Waals surface area contributed by atoms with Gasteiger partial charge in [-0.2, -0.15) is 0 Å². The molecule has 0 saturated heterocycles. The number of aromatic nitrogens is 3. The molecule has 0 spiro atoms. The molecule has 72 valence electrons. The van der Waals surface area contributed by atoms with Crippen LogP contribution in [0.1, 0.15) is 10.5 Å². The molecular weight excluding hydrogens is 182 g/mol. The van der Waals surface area contributed by atoms with Gasteiger partial charge in [0.2, 0.25) is 0 Å². The molecule has 0 radical (unpaired) electrons. The average molecular weight is 190 g/mol. The molecule has 0 aromatic carbocycles. The Hall–Kier alpha value is -1.53. The SMILES string of the molecule is Cn1nncc1C(=O)NCC(F)F. The molecule has 5 nitrogen and oxygen atoms in total. The van der Waals surface area contributed by atoms with Crippen LogP contribution >= 0.6 is 0 Å². The molecule has 0 fully saturated rings. The van der Waals surface area contributed by atoms with Crippen LogP contribution in [-0.4, -0.2) is 33.9 Å². The fourth-order valence-corrected chi connectivity index (χ4v) is 0.756. The first kappa shape index (κ1) is 9.56. The lowest BCUT2D eigenvalue weighted by Gasteiger charge is -2.02. The van der Waals surface area contributed by atoms with Crippen LogP contribution in [0.25, 0.3) is 0 Å². The number of nitrogens with zero attached hydrogens (tertiary/aromatic N) is 3. The molecule has 1 N–H and O–H groups in total. The van der Waals surface area contributed by atoms with Crippen LogP contribution in [0.4, 0.5) is 8.78 Å². The van der Waals surface area contributed by atoms with Crippen LogP contribution in [-0.2, 0) is 7.05 Å². The van der Waals surface area contributed by atoms with E-state index in [-0.39, 0.29) is 5.69 Å². The maximum atomic E-state index is 11.7. The molecule has 0 atom stereocenters. The normalized spacial score (nSPS) is 10.5. The third kappa shape index (κ3) is 2.46. The Bertz CT molecular complexity index is 299. The van der Waals surface area contributed by atoms with Crippen molar-refractivity contribution < 1.29 is 13.6 Å². The number of hydrogen-bond donors (Lipinski definition) is 1. The van der Waals surface area contributed by atoms with Crippen molar-refractivity contribution in [3.05, 3.63) is 11.9 Å². The number of hydrogen-bond acceptors (Lipinski definition) is 3. The van der Waals surface area contributed by atoms with E-state index >= 15 is 0 Å². The van der Waals surface area contributed by atoms with Crippen molar-refractivity contribution >= 4 is 5.91 Å². The number of carbonyl (C=O) groups excluding carboxylic acids is 1. The van der Waals surface area contributed by atoms with Gasteiger partial charge in [-0.1, -0.05) is 5.21 Å². The molecule has 1 heterocycles. The summed E-state index contributed by atoms with van der Waals surface area (Å²) in [6, 6.07) is 0. The first-order chi connectivity index (χ1) is 6.11. The number of rotatable bonds is 3. The second-order valence-electron chi connectivity index (χ2n) is 2.34. The van der Waals surface area contributed by atoms with Gasteiger partial charge in [-0.3, -0.25) is 4.79 Å². The van der Waals surface area contributed by atoms with Gasteiger partial charge >= 0.3 is 0 Å². The van der Waals surface area contributed by atoms with Crippen LogP contribution in [0.15, 0.2) is 6.20 Å². The summed E-state index contributed by atoms with van der Waals surface area (Å²) in [6.45, 7) is -0.663. The zero-order chi connectivity index (χ0) is 9.84. The predicted octanol–water partition coefficient (Wildman–Crippen LogP) is -0.190. The van der Waals surface area contributed by atoms with Crippen LogP contribution in [0, 0.1) is 0 Å². The topological polar surface area (TPSA) is 59.8 Å². The van der Waals surface area contributed by atoms with Crippen molar-refractivity contribution in [3.63, 3.8) is 0 Å². The van der Waals surface area contributed by atoms with Gasteiger partial charge in [0.15, 0.2) is 0 Å². The molecule has 13 heavy (non-hydrogen) atoms. The quantitative estimate of drug-likeness (QED) is 0.718. The van der Waals surface area contributed by atoms with Gasteiger partial charge in [-0.15, -0.1) is 5.10 Å². The van der Waals surface area contributed by atoms with Crippen molar-refractivity contribution in [2.45, 2.75) is 6.43 Å². The van der Waals surface area contributed by atoms with E-state index in [0.29, 0.717) is 0 Å². The van der Waals surface area contributed by atoms with Gasteiger partial charge in [-0.05, 0) is 0 Å². The third-order valence-corrected chi connectivity index (χ3v) is 1.36. The molecule has 0 aliphatic rings. The molecule has 1 aromatic rings. The molecule has 1 amide bonds. The second kappa shape index (κ2) is 3.92. The number of amides is 1. The van der Waals surface area contributed by atoms with E-state index in [1.54, 1.807) is 0 Å². The molecule has 7 heteroatoms. The molecule has 0 aliphatic heterocycles. The van der Waals surface area contributed by atoms with Crippen molar-refractivity contribution in [2.24, 2.45) is 7.05 Å². The monoisotopic (exact) mass is 190 g/mol. The van der Waals surface area contributed by atoms with E-state index in [1.165, 1.54) is 17.9 Å². The first-order valence-corrected chi connectivity index (χ1v) is 3.52. The number of halogens is 2. The summed E-state index contributed by atoms with van der Waals surface area (Å²) in [5.74, 6) is -0.604. The zero-order valence-electron chi connectivity index (χ0n) is 6.87. The van der Waals surface area contributed by atoms with Crippen LogP contribution in [0.5, 0.6) is 0 Å². The highest BCUT2D eigenvalue weighted by molar-refractivity contribution is 5.92. The predicted molar refractivity (Wildman–Crippen MR) is 39.3 cm³/mol. The number of nitrogens with one attached hydrogen (secondary N) is 1. The summed E-state index contributed by atoms with van der Waals surface area (Å²) in [6.07, 6.45) is -1.34. The largest absolute Gasteiger partial charge is 0.345 e. The molecule has 1 aromatic heterocycles. The van der Waals surface area contributed by atoms with E-state index in [0.717, 1.165) is 0 Å². The first-order valence-electron chi connectivity index (χ1n) is 3.52. The Morgan fingerprint density at radius 1 is 1.77 bits per heavy atom. The maximum absolute atomic E-state index is 11.7. The number of alkyl halides is 2. The van der Waals surface area contributed by atoms with Crippen molar-refractivity contribution in [3.8, 4) is 0 Å². The van der Waals surface area contributed by atoms with E-state index in [1.807, 2.05) is 5.32 Å². The molecular formula is C6H8F2N4O. The Kier molecular flexibility index (Phi) is 2.88. The Morgan fingerprint density at radius 3 is 2.92 bits per heavy atom. The van der Waals surface area contributed by atoms with Crippen molar-refractivity contribution in [1.82, 2.24) is 20.3 Å². The van der Waals surface area contributed by atoms with Gasteiger partial charge in [0.25, 0.3) is 12.3 Å². The van der Waals surface area contributed by atoms with Crippen LogP contribution in [0.3, 0.4) is 0 Å². The summed E-state index contributed by atoms with van der Waals surface area (Å²) in [4.78, 5) is 11.1. The summed E-state index contributed by atoms with van der Waals surface area (Å²) < 4.78 is 24.6. The van der Waals surface area contributed by atoms with Crippen LogP contribution in [0.2, 0.25) is 0 Å². The van der Waals surface area contributed by atoms with Crippen molar-refractivity contribution in [2.75, 3.05) is 6.54 Å². The second-order valence-corrected chi connectivity index (χ2v) is 2.34. The highest BCUT2D eigenvalue weighted by Gasteiger charge is 2.12. The Morgan fingerprint density at radius 2 is 2.46 bits per heavy atom. The molecule has 0 saturated carbocycles. The lowest BCUT2D eigenvalue weighted by atomic mass is 10.4. The molecule has 0 aliphatic carbocycles. The van der Waals surface area contributed by atoms with Crippen LogP contribution < -0.4 is 5.32 Å². The molecule has 0 unspecified atom stereocenters. The fraction of sp³-hybridized carbons (Fsp3) is 0.500. The number of aryl methyl sites for hydroxylation is 1. The lowest BCUT2D eigenvalue weighted by molar-refractivity contribution is 0.0882. The van der Waals surface area contributed by atoms with Gasteiger partial charge in [0.1, 0.15) is 5.69 Å². The Labute approximate surface area is 72.7 Å². The number of carbonyl (C=O) groups is 1. The van der Waals surface area contributed by atoms with Gasteiger partial charge < -0.3 is 5.32 Å². The van der Waals surface area contributed by atoms with Gasteiger partial charge in [0.05, 0.1) is 12.7 Å². The minimum atomic E-state index is -2.55. The standard InChI is InChI=1S/C6H8F2N4O/c1-12-4(2-10-11-12)6(13)9-3-5(7)8/h2,5H,3H2,1H3,(H,9,13). The summed E-state index contributed by atoms with van der Waals surface area (Å²) in [7, 11) is 1.50. The van der Waals surface area contributed by atoms with E-state index < -0.39 is 18.9 Å². The highest BCUT2D eigenvalue weighted by Crippen LogP contribution is 1.94. The van der Waals surface area contributed by atoms with Crippen molar-refractivity contribution in [1.29, 1.82) is 0 Å². The van der Waals surface area contributed by atoms with E-state index in [9.17, 15) is 13.6 Å². The molecule has 0 bridgehead atoms. The summed E-state index contributed by atoms with van der Waals surface area (Å²) in [5.41, 5.74) is 0.153. The average Bonchev–Trinajstić information content (AvgIpc) is 2.47. The Balaban J connectivity index is 2.54. The smallest absolute Gasteiger partial charge is 0.271 e. The fourth-order valence-electron chi connectivity index (χ4n) is 0.756. The van der Waals surface area contributed by atoms with E-state index in [4.69, 9.17) is 0 Å². The minimum absolute atomic E-state index is 0.153. The molecule has 1 rings (SSSR count). The third-order valence-electron chi connectivity index (χ3n) is 1.36. The minimum Gasteiger partial charge on any atom is -0.345 e.